The van der Waals surface area contributed by atoms with Crippen LogP contribution >= 0.6 is 24.0 Å². The Morgan fingerprint density at radius 3 is 2.30 bits per heavy atom. The lowest BCUT2D eigenvalue weighted by Crippen LogP contribution is -2.55. The molecule has 2 unspecified atom stereocenters. The molecular weight excluding hydrogens is 501 g/mol. The molecule has 30 heavy (non-hydrogen) atoms. The molecule has 0 spiro atoms. The fourth-order valence-corrected chi connectivity index (χ4v) is 3.92. The van der Waals surface area contributed by atoms with Crippen molar-refractivity contribution in [2.45, 2.75) is 77.1 Å². The van der Waals surface area contributed by atoms with Gasteiger partial charge in [0.05, 0.1) is 6.61 Å². The predicted molar refractivity (Wildman–Crippen MR) is 127 cm³/mol. The molecule has 2 fully saturated rings. The van der Waals surface area contributed by atoms with E-state index in [0.717, 1.165) is 25.7 Å². The second-order valence-electron chi connectivity index (χ2n) is 8.62. The Bertz CT molecular complexity index is 582. The van der Waals surface area contributed by atoms with Gasteiger partial charge in [0.25, 0.3) is 0 Å². The number of ether oxygens (including phenoxy) is 2. The molecule has 2 amide bonds. The summed E-state index contributed by atoms with van der Waals surface area (Å²) in [5, 5.41) is 9.40. The molecule has 0 aromatic carbocycles. The average Bonchev–Trinajstić information content (AvgIpc) is 2.90. The number of hydrogen-bond acceptors (Lipinski definition) is 5. The van der Waals surface area contributed by atoms with E-state index in [1.807, 2.05) is 32.6 Å². The Labute approximate surface area is 197 Å². The van der Waals surface area contributed by atoms with Crippen molar-refractivity contribution in [3.05, 3.63) is 0 Å². The molecule has 174 valence electrons. The summed E-state index contributed by atoms with van der Waals surface area (Å²) in [5.74, 6) is 0.489. The number of nitrogens with one attached hydrogen (secondary N) is 3. The molecule has 2 aliphatic rings. The number of hydrogen-bond donors (Lipinski definition) is 3. The summed E-state index contributed by atoms with van der Waals surface area (Å²) < 4.78 is 10.5. The second-order valence-corrected chi connectivity index (χ2v) is 8.62. The highest BCUT2D eigenvalue weighted by molar-refractivity contribution is 14.0. The molecule has 0 aliphatic carbocycles. The summed E-state index contributed by atoms with van der Waals surface area (Å²) in [6, 6.07) is 0.572. The van der Waals surface area contributed by atoms with Crippen LogP contribution in [0.2, 0.25) is 0 Å². The molecule has 2 rings (SSSR count). The van der Waals surface area contributed by atoms with Crippen LogP contribution in [0.5, 0.6) is 0 Å². The van der Waals surface area contributed by atoms with Crippen LogP contribution in [0.4, 0.5) is 4.79 Å². The van der Waals surface area contributed by atoms with Crippen LogP contribution in [-0.2, 0) is 14.3 Å². The van der Waals surface area contributed by atoms with Crippen LogP contribution < -0.4 is 16.0 Å². The quantitative estimate of drug-likeness (QED) is 0.198. The molecule has 10 heteroatoms. The van der Waals surface area contributed by atoms with Crippen LogP contribution in [0.1, 0.15) is 53.4 Å². The van der Waals surface area contributed by atoms with E-state index in [0.29, 0.717) is 25.7 Å². The van der Waals surface area contributed by atoms with Crippen LogP contribution in [0.15, 0.2) is 4.99 Å². The third-order valence-corrected chi connectivity index (χ3v) is 5.03. The average molecular weight is 539 g/mol. The monoisotopic (exact) mass is 539 g/mol. The van der Waals surface area contributed by atoms with Gasteiger partial charge in [-0.25, -0.2) is 9.79 Å². The zero-order chi connectivity index (χ0) is 21.4. The topological polar surface area (TPSA) is 104 Å². The normalized spacial score (nSPS) is 23.4. The molecule has 2 atom stereocenters. The van der Waals surface area contributed by atoms with Crippen LogP contribution in [-0.4, -0.2) is 79.9 Å². The number of rotatable bonds is 7. The third kappa shape index (κ3) is 8.44. The number of carbonyl (C=O) groups is 2. The van der Waals surface area contributed by atoms with E-state index < -0.39 is 5.60 Å². The number of amides is 2. The first kappa shape index (κ1) is 26.7. The lowest BCUT2D eigenvalue weighted by Gasteiger charge is -2.40. The molecule has 2 aliphatic heterocycles. The standard InChI is InChI=1S/C20H37N5O4.HI/c1-6-21-18(23-13-17(26)22-9-10-28-5)24-14-11-15-7-8-16(12-14)25(15)19(27)29-20(2,3)4;/h14-16H,6-13H2,1-5H3,(H,22,26)(H2,21,23,24);1H. The van der Waals surface area contributed by atoms with Crippen molar-refractivity contribution in [3.63, 3.8) is 0 Å². The first-order valence-corrected chi connectivity index (χ1v) is 10.5. The summed E-state index contributed by atoms with van der Waals surface area (Å²) in [5.41, 5.74) is -0.486. The van der Waals surface area contributed by atoms with Gasteiger partial charge in [0.1, 0.15) is 12.1 Å². The van der Waals surface area contributed by atoms with E-state index in [4.69, 9.17) is 9.47 Å². The number of methoxy groups -OCH3 is 1. The Morgan fingerprint density at radius 1 is 1.13 bits per heavy atom. The van der Waals surface area contributed by atoms with Gasteiger partial charge in [0.15, 0.2) is 5.96 Å². The summed E-state index contributed by atoms with van der Waals surface area (Å²) in [7, 11) is 1.60. The van der Waals surface area contributed by atoms with E-state index in [-0.39, 0.29) is 60.6 Å². The smallest absolute Gasteiger partial charge is 0.410 e. The maximum absolute atomic E-state index is 12.6. The lowest BCUT2D eigenvalue weighted by atomic mass is 9.98. The summed E-state index contributed by atoms with van der Waals surface area (Å²) >= 11 is 0. The van der Waals surface area contributed by atoms with Gasteiger partial charge < -0.3 is 30.3 Å². The number of nitrogens with zero attached hydrogens (tertiary/aromatic N) is 2. The van der Waals surface area contributed by atoms with E-state index in [9.17, 15) is 9.59 Å². The third-order valence-electron chi connectivity index (χ3n) is 5.03. The van der Waals surface area contributed by atoms with Crippen molar-refractivity contribution >= 4 is 41.9 Å². The van der Waals surface area contributed by atoms with Crippen molar-refractivity contribution in [3.8, 4) is 0 Å². The molecule has 0 aromatic rings. The zero-order valence-corrected chi connectivity index (χ0v) is 21.2. The summed E-state index contributed by atoms with van der Waals surface area (Å²) in [4.78, 5) is 30.8. The van der Waals surface area contributed by atoms with Gasteiger partial charge in [-0.05, 0) is 53.4 Å². The highest BCUT2D eigenvalue weighted by Gasteiger charge is 2.45. The van der Waals surface area contributed by atoms with Gasteiger partial charge >= 0.3 is 6.09 Å². The number of fused-ring (bicyclic) bond motifs is 2. The maximum atomic E-state index is 12.6. The fraction of sp³-hybridized carbons (Fsp3) is 0.850. The Kier molecular flexibility index (Phi) is 11.2. The van der Waals surface area contributed by atoms with Crippen LogP contribution in [0.25, 0.3) is 0 Å². The van der Waals surface area contributed by atoms with E-state index in [1.54, 1.807) is 7.11 Å². The van der Waals surface area contributed by atoms with Crippen molar-refractivity contribution in [1.82, 2.24) is 20.9 Å². The molecule has 0 saturated carbocycles. The second kappa shape index (κ2) is 12.5. The van der Waals surface area contributed by atoms with Crippen molar-refractivity contribution in [2.75, 3.05) is 33.4 Å². The molecule has 0 radical (unpaired) electrons. The van der Waals surface area contributed by atoms with Crippen LogP contribution in [0.3, 0.4) is 0 Å². The van der Waals surface area contributed by atoms with Crippen LogP contribution in [0, 0.1) is 0 Å². The molecule has 9 nitrogen and oxygen atoms in total. The van der Waals surface area contributed by atoms with Crippen molar-refractivity contribution < 1.29 is 19.1 Å². The van der Waals surface area contributed by atoms with Gasteiger partial charge in [-0.1, -0.05) is 0 Å². The van der Waals surface area contributed by atoms with Gasteiger partial charge in [-0.15, -0.1) is 24.0 Å². The van der Waals surface area contributed by atoms with E-state index in [1.165, 1.54) is 0 Å². The molecule has 0 aromatic heterocycles. The van der Waals surface area contributed by atoms with E-state index >= 15 is 0 Å². The number of carbonyl (C=O) groups excluding carboxylic acids is 2. The first-order valence-electron chi connectivity index (χ1n) is 10.5. The van der Waals surface area contributed by atoms with Gasteiger partial charge in [0, 0.05) is 38.3 Å². The van der Waals surface area contributed by atoms with Crippen molar-refractivity contribution in [2.24, 2.45) is 4.99 Å². The summed E-state index contributed by atoms with van der Waals surface area (Å²) in [6.07, 6.45) is 3.48. The minimum absolute atomic E-state index is 0. The highest BCUT2D eigenvalue weighted by atomic mass is 127. The zero-order valence-electron chi connectivity index (χ0n) is 18.8. The maximum Gasteiger partial charge on any atom is 0.410 e. The molecular formula is C20H38IN5O4. The van der Waals surface area contributed by atoms with Gasteiger partial charge in [-0.3, -0.25) is 4.79 Å². The molecule has 3 N–H and O–H groups in total. The van der Waals surface area contributed by atoms with Gasteiger partial charge in [-0.2, -0.15) is 0 Å². The Hall–Kier alpha value is -1.30. The van der Waals surface area contributed by atoms with Crippen molar-refractivity contribution in [1.29, 1.82) is 0 Å². The largest absolute Gasteiger partial charge is 0.444 e. The number of piperidine rings is 1. The molecule has 2 bridgehead atoms. The number of guanidine groups is 1. The highest BCUT2D eigenvalue weighted by Crippen LogP contribution is 2.36. The fourth-order valence-electron chi connectivity index (χ4n) is 3.92. The Morgan fingerprint density at radius 2 is 1.77 bits per heavy atom. The molecule has 2 saturated heterocycles. The Balaban J connectivity index is 0.00000450. The molecule has 2 heterocycles. The lowest BCUT2D eigenvalue weighted by molar-refractivity contribution is -0.119. The van der Waals surface area contributed by atoms with E-state index in [2.05, 4.69) is 20.9 Å². The summed E-state index contributed by atoms with van der Waals surface area (Å²) in [6.45, 7) is 9.39. The predicted octanol–water partition coefficient (Wildman–Crippen LogP) is 1.85. The SMILES string of the molecule is CCNC(=NCC(=O)NCCOC)NC1CC2CCC(C1)N2C(=O)OC(C)(C)C.I. The minimum atomic E-state index is -0.486. The number of aliphatic imine (C=N–C) groups is 1. The first-order chi connectivity index (χ1) is 13.7. The number of halogens is 1. The van der Waals surface area contributed by atoms with Gasteiger partial charge in [0.2, 0.25) is 5.91 Å². The minimum Gasteiger partial charge on any atom is -0.444 e.